The lowest BCUT2D eigenvalue weighted by Crippen LogP contribution is -2.44. The zero-order valence-electron chi connectivity index (χ0n) is 11.6. The first kappa shape index (κ1) is 15.5. The molecule has 2 rings (SSSR count). The average Bonchev–Trinajstić information content (AvgIpc) is 2.92. The molecule has 2 atom stereocenters. The summed E-state index contributed by atoms with van der Waals surface area (Å²) in [5, 5.41) is 18.1. The predicted molar refractivity (Wildman–Crippen MR) is 74.9 cm³/mol. The molecule has 1 heterocycles. The van der Waals surface area contributed by atoms with Gasteiger partial charge in [0.2, 0.25) is 10.0 Å². The smallest absolute Gasteiger partial charge is 0.322 e. The maximum atomic E-state index is 12.7. The SMILES string of the molecule is CCC1CCC(C(=O)O)N1S(=O)(=O)c1cccc(C#N)c1. The number of benzene rings is 1. The van der Waals surface area contributed by atoms with Crippen molar-refractivity contribution in [2.45, 2.75) is 43.2 Å². The molecule has 0 bridgehead atoms. The van der Waals surface area contributed by atoms with Crippen LogP contribution >= 0.6 is 0 Å². The monoisotopic (exact) mass is 308 g/mol. The van der Waals surface area contributed by atoms with E-state index in [2.05, 4.69) is 0 Å². The van der Waals surface area contributed by atoms with Crippen molar-refractivity contribution >= 4 is 16.0 Å². The first-order valence-electron chi connectivity index (χ1n) is 6.68. The van der Waals surface area contributed by atoms with Crippen molar-refractivity contribution in [3.8, 4) is 6.07 Å². The Labute approximate surface area is 123 Å². The van der Waals surface area contributed by atoms with Gasteiger partial charge in [0.05, 0.1) is 16.5 Å². The third-order valence-corrected chi connectivity index (χ3v) is 5.69. The molecule has 0 spiro atoms. The number of carboxylic acid groups (broad SMARTS) is 1. The molecule has 0 aromatic heterocycles. The topological polar surface area (TPSA) is 98.5 Å². The maximum Gasteiger partial charge on any atom is 0.322 e. The van der Waals surface area contributed by atoms with E-state index in [0.29, 0.717) is 19.3 Å². The summed E-state index contributed by atoms with van der Waals surface area (Å²) in [6.45, 7) is 1.84. The molecule has 6 nitrogen and oxygen atoms in total. The van der Waals surface area contributed by atoms with E-state index in [1.54, 1.807) is 0 Å². The van der Waals surface area contributed by atoms with Crippen molar-refractivity contribution in [2.24, 2.45) is 0 Å². The van der Waals surface area contributed by atoms with Crippen molar-refractivity contribution in [3.63, 3.8) is 0 Å². The standard InChI is InChI=1S/C14H16N2O4S/c1-2-11-6-7-13(14(17)18)16(11)21(19,20)12-5-3-4-10(8-12)9-15/h3-5,8,11,13H,2,6-7H2,1H3,(H,17,18). The summed E-state index contributed by atoms with van der Waals surface area (Å²) in [7, 11) is -3.93. The molecule has 1 aliphatic rings. The summed E-state index contributed by atoms with van der Waals surface area (Å²) in [6, 6.07) is 6.20. The van der Waals surface area contributed by atoms with E-state index in [4.69, 9.17) is 5.26 Å². The minimum Gasteiger partial charge on any atom is -0.480 e. The number of aliphatic carboxylic acids is 1. The van der Waals surface area contributed by atoms with Crippen molar-refractivity contribution in [3.05, 3.63) is 29.8 Å². The van der Waals surface area contributed by atoms with E-state index in [-0.39, 0.29) is 16.5 Å². The van der Waals surface area contributed by atoms with Gasteiger partial charge in [-0.1, -0.05) is 13.0 Å². The number of nitriles is 1. The van der Waals surface area contributed by atoms with E-state index in [1.807, 2.05) is 13.0 Å². The Morgan fingerprint density at radius 3 is 2.76 bits per heavy atom. The molecule has 7 heteroatoms. The van der Waals surface area contributed by atoms with Crippen LogP contribution in [0, 0.1) is 11.3 Å². The van der Waals surface area contributed by atoms with Gasteiger partial charge < -0.3 is 5.11 Å². The summed E-state index contributed by atoms with van der Waals surface area (Å²) < 4.78 is 26.6. The van der Waals surface area contributed by atoms with E-state index in [9.17, 15) is 18.3 Å². The van der Waals surface area contributed by atoms with E-state index in [1.165, 1.54) is 24.3 Å². The van der Waals surface area contributed by atoms with Gasteiger partial charge >= 0.3 is 5.97 Å². The highest BCUT2D eigenvalue weighted by Gasteiger charge is 2.44. The molecule has 1 aliphatic heterocycles. The molecule has 21 heavy (non-hydrogen) atoms. The summed E-state index contributed by atoms with van der Waals surface area (Å²) in [6.07, 6.45) is 1.40. The molecule has 112 valence electrons. The van der Waals surface area contributed by atoms with Crippen LogP contribution in [0.3, 0.4) is 0 Å². The molecule has 1 N–H and O–H groups in total. The molecule has 0 saturated carbocycles. The first-order valence-corrected chi connectivity index (χ1v) is 8.12. The van der Waals surface area contributed by atoms with Gasteiger partial charge in [-0.3, -0.25) is 4.79 Å². The molecule has 1 aromatic rings. The lowest BCUT2D eigenvalue weighted by atomic mass is 10.1. The zero-order valence-corrected chi connectivity index (χ0v) is 12.4. The second kappa shape index (κ2) is 5.84. The fraction of sp³-hybridized carbons (Fsp3) is 0.429. The van der Waals surface area contributed by atoms with Crippen LogP contribution in [0.2, 0.25) is 0 Å². The van der Waals surface area contributed by atoms with E-state index in [0.717, 1.165) is 4.31 Å². The van der Waals surface area contributed by atoms with Crippen LogP contribution in [-0.2, 0) is 14.8 Å². The Hall–Kier alpha value is -1.91. The van der Waals surface area contributed by atoms with Gasteiger partial charge in [0.15, 0.2) is 0 Å². The van der Waals surface area contributed by atoms with Crippen molar-refractivity contribution in [1.29, 1.82) is 5.26 Å². The third-order valence-electron chi connectivity index (χ3n) is 3.74. The number of carboxylic acids is 1. The van der Waals surface area contributed by atoms with E-state index >= 15 is 0 Å². The summed E-state index contributed by atoms with van der Waals surface area (Å²) in [5.74, 6) is -1.13. The predicted octanol–water partition coefficient (Wildman–Crippen LogP) is 1.57. The highest BCUT2D eigenvalue weighted by atomic mass is 32.2. The van der Waals surface area contributed by atoms with Gasteiger partial charge in [-0.25, -0.2) is 8.42 Å². The molecular formula is C14H16N2O4S. The Morgan fingerprint density at radius 1 is 1.48 bits per heavy atom. The van der Waals surface area contributed by atoms with Crippen molar-refractivity contribution in [1.82, 2.24) is 4.31 Å². The second-order valence-electron chi connectivity index (χ2n) is 4.97. The van der Waals surface area contributed by atoms with Crippen LogP contribution in [0.15, 0.2) is 29.2 Å². The number of sulfonamides is 1. The highest BCUT2D eigenvalue weighted by Crippen LogP contribution is 2.32. The van der Waals surface area contributed by atoms with Crippen LogP contribution in [0.25, 0.3) is 0 Å². The van der Waals surface area contributed by atoms with Crippen LogP contribution < -0.4 is 0 Å². The quantitative estimate of drug-likeness (QED) is 0.910. The van der Waals surface area contributed by atoms with Crippen LogP contribution in [0.1, 0.15) is 31.7 Å². The number of rotatable bonds is 4. The number of hydrogen-bond acceptors (Lipinski definition) is 4. The molecular weight excluding hydrogens is 292 g/mol. The number of hydrogen-bond donors (Lipinski definition) is 1. The van der Waals surface area contributed by atoms with E-state index < -0.39 is 22.0 Å². The van der Waals surface area contributed by atoms with Gasteiger partial charge in [0.25, 0.3) is 0 Å². The summed E-state index contributed by atoms with van der Waals surface area (Å²) >= 11 is 0. The van der Waals surface area contributed by atoms with Crippen molar-refractivity contribution in [2.75, 3.05) is 0 Å². The van der Waals surface area contributed by atoms with Crippen molar-refractivity contribution < 1.29 is 18.3 Å². The van der Waals surface area contributed by atoms with Gasteiger partial charge in [-0.2, -0.15) is 9.57 Å². The van der Waals surface area contributed by atoms with Gasteiger partial charge in [0, 0.05) is 6.04 Å². The fourth-order valence-electron chi connectivity index (χ4n) is 2.69. The first-order chi connectivity index (χ1) is 9.91. The van der Waals surface area contributed by atoms with Gasteiger partial charge in [0.1, 0.15) is 6.04 Å². The molecule has 0 amide bonds. The van der Waals surface area contributed by atoms with Gasteiger partial charge in [-0.05, 0) is 37.5 Å². The average molecular weight is 308 g/mol. The molecule has 0 radical (unpaired) electrons. The molecule has 2 unspecified atom stereocenters. The second-order valence-corrected chi connectivity index (χ2v) is 6.81. The Bertz CT molecular complexity index is 693. The zero-order chi connectivity index (χ0) is 15.6. The summed E-state index contributed by atoms with van der Waals surface area (Å²) in [5.41, 5.74) is 0.232. The maximum absolute atomic E-state index is 12.7. The van der Waals surface area contributed by atoms with Gasteiger partial charge in [-0.15, -0.1) is 0 Å². The minimum atomic E-state index is -3.93. The number of nitrogens with zero attached hydrogens (tertiary/aromatic N) is 2. The van der Waals surface area contributed by atoms with Crippen LogP contribution in [-0.4, -0.2) is 35.9 Å². The number of carbonyl (C=O) groups is 1. The minimum absolute atomic E-state index is 0.0341. The highest BCUT2D eigenvalue weighted by molar-refractivity contribution is 7.89. The molecule has 1 aromatic carbocycles. The molecule has 0 aliphatic carbocycles. The summed E-state index contributed by atoms with van der Waals surface area (Å²) in [4.78, 5) is 11.3. The Morgan fingerprint density at radius 2 is 2.19 bits per heavy atom. The Balaban J connectivity index is 2.49. The fourth-order valence-corrected chi connectivity index (χ4v) is 4.63. The third kappa shape index (κ3) is 2.77. The lowest BCUT2D eigenvalue weighted by Gasteiger charge is -2.26. The molecule has 1 fully saturated rings. The molecule has 1 saturated heterocycles. The Kier molecular flexibility index (Phi) is 4.30. The lowest BCUT2D eigenvalue weighted by molar-refractivity contribution is -0.140. The van der Waals surface area contributed by atoms with Crippen LogP contribution in [0.5, 0.6) is 0 Å². The largest absolute Gasteiger partial charge is 0.480 e. The normalized spacial score (nSPS) is 22.9. The van der Waals surface area contributed by atoms with Crippen LogP contribution in [0.4, 0.5) is 0 Å².